The van der Waals surface area contributed by atoms with Crippen molar-refractivity contribution in [3.63, 3.8) is 0 Å². The van der Waals surface area contributed by atoms with Gasteiger partial charge in [-0.3, -0.25) is 4.90 Å². The molecule has 88 valence electrons. The van der Waals surface area contributed by atoms with Crippen molar-refractivity contribution in [2.75, 3.05) is 7.05 Å². The molecule has 2 aliphatic heterocycles. The first kappa shape index (κ1) is 10.2. The van der Waals surface area contributed by atoms with Crippen molar-refractivity contribution in [1.82, 2.24) is 9.88 Å². The summed E-state index contributed by atoms with van der Waals surface area (Å²) in [6.45, 7) is 0. The molecule has 0 spiro atoms. The van der Waals surface area contributed by atoms with Crippen LogP contribution in [-0.4, -0.2) is 23.0 Å². The average Bonchev–Trinajstić information content (AvgIpc) is 2.76. The second kappa shape index (κ2) is 3.36. The lowest BCUT2D eigenvalue weighted by Gasteiger charge is -2.31. The quantitative estimate of drug-likeness (QED) is 0.785. The predicted octanol–water partition coefficient (Wildman–Crippen LogP) is 3.62. The summed E-state index contributed by atoms with van der Waals surface area (Å²) in [4.78, 5) is 6.18. The van der Waals surface area contributed by atoms with Gasteiger partial charge >= 0.3 is 0 Å². The van der Waals surface area contributed by atoms with Crippen LogP contribution in [0.15, 0.2) is 22.7 Å². The van der Waals surface area contributed by atoms with Crippen LogP contribution in [0.4, 0.5) is 0 Å². The molecule has 1 saturated heterocycles. The van der Waals surface area contributed by atoms with Crippen LogP contribution >= 0.6 is 15.9 Å². The van der Waals surface area contributed by atoms with E-state index in [0.29, 0.717) is 6.04 Å². The molecule has 2 atom stereocenters. The highest BCUT2D eigenvalue weighted by molar-refractivity contribution is 9.10. The molecule has 2 unspecified atom stereocenters. The maximum absolute atomic E-state index is 3.62. The summed E-state index contributed by atoms with van der Waals surface area (Å²) in [6.07, 6.45) is 3.85. The molecular weight excluding hydrogens is 276 g/mol. The summed E-state index contributed by atoms with van der Waals surface area (Å²) in [6, 6.07) is 7.95. The first-order valence-corrected chi connectivity index (χ1v) is 7.05. The zero-order valence-electron chi connectivity index (χ0n) is 9.83. The minimum Gasteiger partial charge on any atom is -0.358 e. The van der Waals surface area contributed by atoms with Crippen LogP contribution in [0.1, 0.15) is 30.1 Å². The minimum atomic E-state index is 0.631. The molecule has 1 aromatic heterocycles. The Kier molecular flexibility index (Phi) is 2.01. The fraction of sp³-hybridized carbons (Fsp3) is 0.429. The van der Waals surface area contributed by atoms with Gasteiger partial charge in [-0.2, -0.15) is 0 Å². The number of hydrogen-bond acceptors (Lipinski definition) is 1. The number of rotatable bonds is 0. The number of halogens is 1. The summed E-state index contributed by atoms with van der Waals surface area (Å²) < 4.78 is 1.18. The second-order valence-corrected chi connectivity index (χ2v) is 6.24. The Morgan fingerprint density at radius 2 is 2.24 bits per heavy atom. The topological polar surface area (TPSA) is 19.0 Å². The Labute approximate surface area is 109 Å². The number of benzene rings is 1. The highest BCUT2D eigenvalue weighted by Crippen LogP contribution is 2.45. The van der Waals surface area contributed by atoms with Crippen molar-refractivity contribution >= 4 is 26.8 Å². The maximum atomic E-state index is 3.62. The van der Waals surface area contributed by atoms with Gasteiger partial charge in [0.05, 0.1) is 0 Å². The van der Waals surface area contributed by atoms with Crippen LogP contribution in [0.5, 0.6) is 0 Å². The number of H-pyrrole nitrogens is 1. The molecule has 0 amide bonds. The van der Waals surface area contributed by atoms with Gasteiger partial charge in [0.2, 0.25) is 0 Å². The van der Waals surface area contributed by atoms with Gasteiger partial charge in [-0.05, 0) is 43.7 Å². The van der Waals surface area contributed by atoms with E-state index in [-0.39, 0.29) is 0 Å². The van der Waals surface area contributed by atoms with E-state index in [2.05, 4.69) is 51.1 Å². The lowest BCUT2D eigenvalue weighted by Crippen LogP contribution is -2.33. The highest BCUT2D eigenvalue weighted by atomic mass is 79.9. The van der Waals surface area contributed by atoms with Crippen LogP contribution in [0.25, 0.3) is 10.9 Å². The molecule has 3 heterocycles. The minimum absolute atomic E-state index is 0.631. The fourth-order valence-corrected chi connectivity index (χ4v) is 3.99. The van der Waals surface area contributed by atoms with Crippen LogP contribution in [0.3, 0.4) is 0 Å². The number of fused-ring (bicyclic) bond motifs is 6. The van der Waals surface area contributed by atoms with Crippen molar-refractivity contribution in [1.29, 1.82) is 0 Å². The molecule has 0 saturated carbocycles. The summed E-state index contributed by atoms with van der Waals surface area (Å²) in [5.41, 5.74) is 4.32. The summed E-state index contributed by atoms with van der Waals surface area (Å²) >= 11 is 3.58. The predicted molar refractivity (Wildman–Crippen MR) is 73.2 cm³/mol. The van der Waals surface area contributed by atoms with Gasteiger partial charge in [0, 0.05) is 39.6 Å². The van der Waals surface area contributed by atoms with Crippen LogP contribution in [0.2, 0.25) is 0 Å². The smallest absolute Gasteiger partial charge is 0.0460 e. The van der Waals surface area contributed by atoms with E-state index in [1.807, 2.05) is 0 Å². The molecule has 2 aliphatic rings. The molecule has 17 heavy (non-hydrogen) atoms. The number of hydrogen-bond donors (Lipinski definition) is 1. The zero-order valence-corrected chi connectivity index (χ0v) is 11.4. The van der Waals surface area contributed by atoms with E-state index in [1.54, 1.807) is 5.56 Å². The first-order chi connectivity index (χ1) is 8.24. The monoisotopic (exact) mass is 290 g/mol. The third kappa shape index (κ3) is 1.30. The van der Waals surface area contributed by atoms with Gasteiger partial charge in [-0.15, -0.1) is 0 Å². The van der Waals surface area contributed by atoms with Gasteiger partial charge < -0.3 is 4.98 Å². The van der Waals surface area contributed by atoms with Crippen molar-refractivity contribution in [3.05, 3.63) is 33.9 Å². The molecule has 2 nitrogen and oxygen atoms in total. The van der Waals surface area contributed by atoms with Crippen molar-refractivity contribution in [3.8, 4) is 0 Å². The van der Waals surface area contributed by atoms with Crippen molar-refractivity contribution < 1.29 is 0 Å². The van der Waals surface area contributed by atoms with Crippen LogP contribution < -0.4 is 0 Å². The molecule has 0 aliphatic carbocycles. The van der Waals surface area contributed by atoms with Gasteiger partial charge in [-0.1, -0.05) is 15.9 Å². The van der Waals surface area contributed by atoms with Gasteiger partial charge in [0.25, 0.3) is 0 Å². The standard InChI is InChI=1S/C14H15BrN2/c1-17-9-3-5-13(17)14-10-6-8(15)2-4-11(10)16-12(14)7-9/h2,4,6,9,13,16H,3,5,7H2,1H3. The number of nitrogens with one attached hydrogen (secondary N) is 1. The fourth-order valence-electron chi connectivity index (χ4n) is 3.62. The summed E-state index contributed by atoms with van der Waals surface area (Å²) in [7, 11) is 2.28. The lowest BCUT2D eigenvalue weighted by molar-refractivity contribution is 0.224. The third-order valence-corrected chi connectivity index (χ3v) is 4.99. The largest absolute Gasteiger partial charge is 0.358 e. The first-order valence-electron chi connectivity index (χ1n) is 6.26. The molecule has 1 aromatic carbocycles. The third-order valence-electron chi connectivity index (χ3n) is 4.50. The summed E-state index contributed by atoms with van der Waals surface area (Å²) in [5.74, 6) is 0. The van der Waals surface area contributed by atoms with E-state index in [4.69, 9.17) is 0 Å². The van der Waals surface area contributed by atoms with Crippen molar-refractivity contribution in [2.45, 2.75) is 31.3 Å². The molecular formula is C14H15BrN2. The number of aromatic amines is 1. The van der Waals surface area contributed by atoms with E-state index in [9.17, 15) is 0 Å². The van der Waals surface area contributed by atoms with Gasteiger partial charge in [-0.25, -0.2) is 0 Å². The SMILES string of the molecule is CN1C2CCC1c1c([nH]c3ccc(Br)cc13)C2. The molecule has 1 N–H and O–H groups in total. The number of nitrogens with zero attached hydrogens (tertiary/aromatic N) is 1. The van der Waals surface area contributed by atoms with Crippen LogP contribution in [-0.2, 0) is 6.42 Å². The molecule has 2 aromatic rings. The Morgan fingerprint density at radius 1 is 1.35 bits per heavy atom. The van der Waals surface area contributed by atoms with E-state index >= 15 is 0 Å². The number of likely N-dealkylation sites (N-methyl/N-ethyl adjacent to an activating group) is 1. The molecule has 2 bridgehead atoms. The lowest BCUT2D eigenvalue weighted by atomic mass is 9.98. The van der Waals surface area contributed by atoms with E-state index < -0.39 is 0 Å². The Hall–Kier alpha value is -0.800. The molecule has 3 heteroatoms. The molecule has 1 fully saturated rings. The Morgan fingerprint density at radius 3 is 3.12 bits per heavy atom. The summed E-state index contributed by atoms with van der Waals surface area (Å²) in [5, 5.41) is 1.41. The normalized spacial score (nSPS) is 27.6. The van der Waals surface area contributed by atoms with E-state index in [0.717, 1.165) is 6.04 Å². The van der Waals surface area contributed by atoms with E-state index in [1.165, 1.54) is 40.3 Å². The molecule has 0 radical (unpaired) electrons. The van der Waals surface area contributed by atoms with Crippen LogP contribution in [0, 0.1) is 0 Å². The van der Waals surface area contributed by atoms with Crippen molar-refractivity contribution in [2.24, 2.45) is 0 Å². The van der Waals surface area contributed by atoms with Gasteiger partial charge in [0.15, 0.2) is 0 Å². The zero-order chi connectivity index (χ0) is 11.6. The Balaban J connectivity index is 2.02. The maximum Gasteiger partial charge on any atom is 0.0460 e. The molecule has 4 rings (SSSR count). The average molecular weight is 291 g/mol. The highest BCUT2D eigenvalue weighted by Gasteiger charge is 2.39. The number of aromatic nitrogens is 1. The van der Waals surface area contributed by atoms with Gasteiger partial charge in [0.1, 0.15) is 0 Å². The second-order valence-electron chi connectivity index (χ2n) is 5.32. The Bertz CT molecular complexity index is 602.